The lowest BCUT2D eigenvalue weighted by molar-refractivity contribution is 0.0697. The number of pyridine rings is 1. The van der Waals surface area contributed by atoms with E-state index in [1.165, 1.54) is 18.2 Å². The molecule has 0 radical (unpaired) electrons. The van der Waals surface area contributed by atoms with Crippen LogP contribution in [0.15, 0.2) is 77.3 Å². The summed E-state index contributed by atoms with van der Waals surface area (Å²) in [5, 5.41) is 14.1. The quantitative estimate of drug-likeness (QED) is 0.168. The number of nitrogens with zero attached hydrogens (tertiary/aromatic N) is 2. The lowest BCUT2D eigenvalue weighted by atomic mass is 10.0. The van der Waals surface area contributed by atoms with Crippen LogP contribution in [0.2, 0.25) is 10.0 Å². The lowest BCUT2D eigenvalue weighted by Crippen LogP contribution is -2.29. The first kappa shape index (κ1) is 27.0. The molecule has 0 amide bonds. The van der Waals surface area contributed by atoms with E-state index in [0.29, 0.717) is 51.2 Å². The molecule has 8 nitrogen and oxygen atoms in total. The third kappa shape index (κ3) is 5.58. The van der Waals surface area contributed by atoms with Crippen LogP contribution in [0, 0.1) is 0 Å². The van der Waals surface area contributed by atoms with Crippen LogP contribution < -0.4 is 15.0 Å². The van der Waals surface area contributed by atoms with Crippen LogP contribution in [0.4, 0.5) is 5.69 Å². The number of aromatic nitrogens is 1. The van der Waals surface area contributed by atoms with E-state index in [2.05, 4.69) is 10.3 Å². The highest BCUT2D eigenvalue weighted by molar-refractivity contribution is 7.80. The number of methoxy groups -OCH3 is 1. The number of halogens is 2. The summed E-state index contributed by atoms with van der Waals surface area (Å²) in [6, 6.07) is 18.3. The second-order valence-electron chi connectivity index (χ2n) is 8.65. The molecular formula is C28H23Cl2N3O5S. The number of rotatable bonds is 9. The predicted molar refractivity (Wildman–Crippen MR) is 153 cm³/mol. The normalized spacial score (nSPS) is 16.8. The SMILES string of the molecule is COCCOc1ccc(N2C(=S)N[C@H](c3ccccn3)[C@H]2c2ccc(-c3cc(C(=O)O)ccc3Cl)o2)cc1Cl. The number of nitrogens with one attached hydrogen (secondary N) is 1. The Bertz CT molecular complexity index is 1510. The molecule has 11 heteroatoms. The van der Waals surface area contributed by atoms with Crippen molar-refractivity contribution >= 4 is 52.2 Å². The van der Waals surface area contributed by atoms with Crippen molar-refractivity contribution in [3.05, 3.63) is 100.0 Å². The van der Waals surface area contributed by atoms with Gasteiger partial charge in [0.1, 0.15) is 29.9 Å². The molecule has 1 fully saturated rings. The zero-order chi connectivity index (χ0) is 27.5. The maximum absolute atomic E-state index is 11.5. The molecule has 0 bridgehead atoms. The largest absolute Gasteiger partial charge is 0.490 e. The molecule has 2 aromatic heterocycles. The minimum atomic E-state index is -1.06. The molecule has 2 atom stereocenters. The second kappa shape index (κ2) is 11.6. The minimum Gasteiger partial charge on any atom is -0.490 e. The van der Waals surface area contributed by atoms with Crippen LogP contribution in [0.1, 0.15) is 33.9 Å². The number of carbonyl (C=O) groups is 1. The van der Waals surface area contributed by atoms with Gasteiger partial charge in [-0.05, 0) is 72.9 Å². The van der Waals surface area contributed by atoms with Gasteiger partial charge in [0.05, 0.1) is 34.0 Å². The van der Waals surface area contributed by atoms with Crippen molar-refractivity contribution in [2.75, 3.05) is 25.2 Å². The zero-order valence-electron chi connectivity index (χ0n) is 20.6. The number of aromatic carboxylic acids is 1. The summed E-state index contributed by atoms with van der Waals surface area (Å²) in [7, 11) is 1.60. The molecule has 0 spiro atoms. The Balaban J connectivity index is 1.55. The molecule has 3 heterocycles. The third-order valence-electron chi connectivity index (χ3n) is 6.23. The Morgan fingerprint density at radius 2 is 1.95 bits per heavy atom. The monoisotopic (exact) mass is 583 g/mol. The van der Waals surface area contributed by atoms with Crippen LogP contribution in [0.3, 0.4) is 0 Å². The van der Waals surface area contributed by atoms with E-state index in [9.17, 15) is 9.90 Å². The Hall–Kier alpha value is -3.63. The average molecular weight is 584 g/mol. The van der Waals surface area contributed by atoms with Gasteiger partial charge in [0.15, 0.2) is 5.11 Å². The van der Waals surface area contributed by atoms with Crippen LogP contribution >= 0.6 is 35.4 Å². The first-order valence-corrected chi connectivity index (χ1v) is 13.1. The van der Waals surface area contributed by atoms with Crippen molar-refractivity contribution in [2.24, 2.45) is 0 Å². The van der Waals surface area contributed by atoms with Gasteiger partial charge in [0, 0.05) is 24.6 Å². The average Bonchev–Trinajstić information content (AvgIpc) is 3.55. The molecule has 4 aromatic rings. The zero-order valence-corrected chi connectivity index (χ0v) is 23.0. The van der Waals surface area contributed by atoms with Crippen molar-refractivity contribution in [3.63, 3.8) is 0 Å². The lowest BCUT2D eigenvalue weighted by Gasteiger charge is -2.26. The van der Waals surface area contributed by atoms with E-state index in [1.807, 2.05) is 35.2 Å². The van der Waals surface area contributed by atoms with Crippen molar-refractivity contribution in [2.45, 2.75) is 12.1 Å². The minimum absolute atomic E-state index is 0.103. The first-order valence-electron chi connectivity index (χ1n) is 11.9. The van der Waals surface area contributed by atoms with E-state index in [-0.39, 0.29) is 11.6 Å². The molecule has 0 saturated carbocycles. The second-order valence-corrected chi connectivity index (χ2v) is 9.86. The number of hydrogen-bond donors (Lipinski definition) is 2. The van der Waals surface area contributed by atoms with Crippen molar-refractivity contribution in [1.82, 2.24) is 10.3 Å². The molecule has 39 heavy (non-hydrogen) atoms. The molecule has 2 N–H and O–H groups in total. The number of carboxylic acids is 1. The Kier molecular flexibility index (Phi) is 8.04. The summed E-state index contributed by atoms with van der Waals surface area (Å²) in [5.41, 5.74) is 2.06. The van der Waals surface area contributed by atoms with Gasteiger partial charge in [-0.25, -0.2) is 4.79 Å². The molecular weight excluding hydrogens is 561 g/mol. The Labute approximate surface area is 240 Å². The summed E-state index contributed by atoms with van der Waals surface area (Å²) in [6.07, 6.45) is 1.72. The molecule has 1 saturated heterocycles. The van der Waals surface area contributed by atoms with Gasteiger partial charge in [0.25, 0.3) is 0 Å². The van der Waals surface area contributed by atoms with E-state index in [1.54, 1.807) is 31.5 Å². The number of thiocarbonyl (C=S) groups is 1. The van der Waals surface area contributed by atoms with Gasteiger partial charge in [0.2, 0.25) is 0 Å². The van der Waals surface area contributed by atoms with Crippen LogP contribution in [0.5, 0.6) is 5.75 Å². The fraction of sp³-hybridized carbons (Fsp3) is 0.179. The third-order valence-corrected chi connectivity index (χ3v) is 7.17. The highest BCUT2D eigenvalue weighted by Crippen LogP contribution is 2.44. The summed E-state index contributed by atoms with van der Waals surface area (Å²) in [5.74, 6) is 0.469. The molecule has 5 rings (SSSR count). The molecule has 0 unspecified atom stereocenters. The maximum atomic E-state index is 11.5. The van der Waals surface area contributed by atoms with Crippen molar-refractivity contribution in [1.29, 1.82) is 0 Å². The fourth-order valence-electron chi connectivity index (χ4n) is 4.42. The molecule has 200 valence electrons. The van der Waals surface area contributed by atoms with Gasteiger partial charge < -0.3 is 29.2 Å². The summed E-state index contributed by atoms with van der Waals surface area (Å²) in [4.78, 5) is 18.0. The maximum Gasteiger partial charge on any atom is 0.335 e. The molecule has 1 aliphatic heterocycles. The van der Waals surface area contributed by atoms with E-state index < -0.39 is 12.0 Å². The highest BCUT2D eigenvalue weighted by Gasteiger charge is 2.42. The number of hydrogen-bond acceptors (Lipinski definition) is 6. The van der Waals surface area contributed by atoms with Gasteiger partial charge in [-0.15, -0.1) is 0 Å². The number of carboxylic acid groups (broad SMARTS) is 1. The summed E-state index contributed by atoms with van der Waals surface area (Å²) < 4.78 is 17.1. The standard InChI is InChI=1S/C28H23Cl2N3O5S/c1-36-12-13-37-23-8-6-17(15-20(23)30)33-26(25(32-28(33)39)21-4-2-3-11-31-21)24-10-9-22(38-24)18-14-16(27(34)35)5-7-19(18)29/h2-11,14-15,25-26H,12-13H2,1H3,(H,32,39)(H,34,35)/t25-,26-/m1/s1. The Morgan fingerprint density at radius 1 is 1.10 bits per heavy atom. The highest BCUT2D eigenvalue weighted by atomic mass is 35.5. The van der Waals surface area contributed by atoms with Crippen molar-refractivity contribution in [3.8, 4) is 17.1 Å². The molecule has 0 aliphatic carbocycles. The summed E-state index contributed by atoms with van der Waals surface area (Å²) >= 11 is 18.8. The Morgan fingerprint density at radius 3 is 2.67 bits per heavy atom. The topological polar surface area (TPSA) is 97.1 Å². The fourth-order valence-corrected chi connectivity index (χ4v) is 5.20. The van der Waals surface area contributed by atoms with Crippen LogP contribution in [0.25, 0.3) is 11.3 Å². The number of ether oxygens (including phenoxy) is 2. The summed E-state index contributed by atoms with van der Waals surface area (Å²) in [6.45, 7) is 0.802. The number of anilines is 1. The number of furan rings is 1. The molecule has 1 aliphatic rings. The van der Waals surface area contributed by atoms with E-state index in [4.69, 9.17) is 49.3 Å². The van der Waals surface area contributed by atoms with E-state index >= 15 is 0 Å². The number of benzene rings is 2. The smallest absolute Gasteiger partial charge is 0.335 e. The molecule has 2 aromatic carbocycles. The van der Waals surface area contributed by atoms with Gasteiger partial charge in [-0.1, -0.05) is 29.3 Å². The van der Waals surface area contributed by atoms with Crippen LogP contribution in [-0.2, 0) is 4.74 Å². The van der Waals surface area contributed by atoms with Crippen LogP contribution in [-0.4, -0.2) is 41.5 Å². The van der Waals surface area contributed by atoms with E-state index in [0.717, 1.165) is 11.4 Å². The van der Waals surface area contributed by atoms with Gasteiger partial charge >= 0.3 is 5.97 Å². The van der Waals surface area contributed by atoms with Crippen molar-refractivity contribution < 1.29 is 23.8 Å². The van der Waals surface area contributed by atoms with Gasteiger partial charge in [-0.2, -0.15) is 0 Å². The van der Waals surface area contributed by atoms with Gasteiger partial charge in [-0.3, -0.25) is 4.98 Å². The first-order chi connectivity index (χ1) is 18.9. The predicted octanol–water partition coefficient (Wildman–Crippen LogP) is 6.55.